The molecular formula is C33H32N6O3. The third-order valence-electron chi connectivity index (χ3n) is 7.84. The van der Waals surface area contributed by atoms with E-state index in [9.17, 15) is 14.4 Å². The van der Waals surface area contributed by atoms with Crippen molar-refractivity contribution in [2.45, 2.75) is 51.0 Å². The van der Waals surface area contributed by atoms with Crippen molar-refractivity contribution >= 4 is 28.4 Å². The van der Waals surface area contributed by atoms with Crippen molar-refractivity contribution in [1.82, 2.24) is 25.1 Å². The van der Waals surface area contributed by atoms with Gasteiger partial charge in [-0.3, -0.25) is 14.4 Å². The summed E-state index contributed by atoms with van der Waals surface area (Å²) in [5.41, 5.74) is 4.52. The molecule has 3 heterocycles. The van der Waals surface area contributed by atoms with Crippen molar-refractivity contribution in [3.05, 3.63) is 107 Å². The van der Waals surface area contributed by atoms with Crippen LogP contribution >= 0.6 is 0 Å². The smallest absolute Gasteiger partial charge is 0.251 e. The number of hydrogen-bond donors (Lipinski definition) is 3. The molecule has 9 heteroatoms. The molecule has 0 radical (unpaired) electrons. The van der Waals surface area contributed by atoms with E-state index < -0.39 is 6.04 Å². The SMILES string of the molecule is C[C@@H](NC(=O)c1ccc2c(C3CCCCC3)n(-c3ccccn3)nc2c1)C(=O)Nc1ccc(-c2ccc(=O)[nH]c2)cc1. The van der Waals surface area contributed by atoms with Gasteiger partial charge < -0.3 is 15.6 Å². The molecule has 0 spiro atoms. The predicted octanol–water partition coefficient (Wildman–Crippen LogP) is 5.58. The zero-order chi connectivity index (χ0) is 29.1. The number of pyridine rings is 2. The maximum absolute atomic E-state index is 13.2. The number of anilines is 1. The first kappa shape index (κ1) is 27.1. The molecule has 2 amide bonds. The first-order valence-corrected chi connectivity index (χ1v) is 14.3. The van der Waals surface area contributed by atoms with Gasteiger partial charge in [-0.05, 0) is 73.4 Å². The number of nitrogens with one attached hydrogen (secondary N) is 3. The van der Waals surface area contributed by atoms with Gasteiger partial charge in [0.2, 0.25) is 11.5 Å². The van der Waals surface area contributed by atoms with Crippen LogP contribution in [0.3, 0.4) is 0 Å². The Labute approximate surface area is 243 Å². The summed E-state index contributed by atoms with van der Waals surface area (Å²) >= 11 is 0. The molecule has 0 bridgehead atoms. The largest absolute Gasteiger partial charge is 0.341 e. The van der Waals surface area contributed by atoms with Gasteiger partial charge in [-0.1, -0.05) is 43.5 Å². The Kier molecular flexibility index (Phi) is 7.64. The number of aromatic nitrogens is 4. The second kappa shape index (κ2) is 11.8. The Morgan fingerprint density at radius 2 is 1.74 bits per heavy atom. The number of rotatable bonds is 7. The molecule has 0 unspecified atom stereocenters. The fraction of sp³-hybridized carbons (Fsp3) is 0.242. The highest BCUT2D eigenvalue weighted by Gasteiger charge is 2.25. The molecule has 6 rings (SSSR count). The molecule has 3 N–H and O–H groups in total. The van der Waals surface area contributed by atoms with Gasteiger partial charge in [-0.2, -0.15) is 5.10 Å². The Balaban J connectivity index is 1.17. The Hall–Kier alpha value is -5.05. The molecule has 1 saturated carbocycles. The minimum Gasteiger partial charge on any atom is -0.341 e. The van der Waals surface area contributed by atoms with Crippen molar-refractivity contribution in [2.75, 3.05) is 5.32 Å². The maximum Gasteiger partial charge on any atom is 0.251 e. The number of aromatic amines is 1. The summed E-state index contributed by atoms with van der Waals surface area (Å²) < 4.78 is 1.93. The Morgan fingerprint density at radius 3 is 2.45 bits per heavy atom. The third-order valence-corrected chi connectivity index (χ3v) is 7.84. The van der Waals surface area contributed by atoms with Gasteiger partial charge in [0.25, 0.3) is 5.91 Å². The molecule has 1 atom stereocenters. The zero-order valence-corrected chi connectivity index (χ0v) is 23.3. The predicted molar refractivity (Wildman–Crippen MR) is 163 cm³/mol. The van der Waals surface area contributed by atoms with Crippen LogP contribution in [-0.4, -0.2) is 37.6 Å². The summed E-state index contributed by atoms with van der Waals surface area (Å²) in [6, 6.07) is 21.0. The van der Waals surface area contributed by atoms with Crippen LogP contribution < -0.4 is 16.2 Å². The van der Waals surface area contributed by atoms with Crippen LogP contribution in [-0.2, 0) is 4.79 Å². The fourth-order valence-electron chi connectivity index (χ4n) is 5.60. The van der Waals surface area contributed by atoms with Crippen molar-refractivity contribution in [2.24, 2.45) is 0 Å². The lowest BCUT2D eigenvalue weighted by molar-refractivity contribution is -0.117. The molecule has 42 heavy (non-hydrogen) atoms. The Bertz CT molecular complexity index is 1770. The molecule has 0 saturated heterocycles. The summed E-state index contributed by atoms with van der Waals surface area (Å²) in [6.07, 6.45) is 9.27. The summed E-state index contributed by atoms with van der Waals surface area (Å²) in [7, 11) is 0. The third kappa shape index (κ3) is 5.72. The minimum atomic E-state index is -0.768. The molecule has 0 aliphatic heterocycles. The maximum atomic E-state index is 13.2. The van der Waals surface area contributed by atoms with Crippen LogP contribution in [0.4, 0.5) is 5.69 Å². The number of carbonyl (C=O) groups is 2. The number of carbonyl (C=O) groups excluding carboxylic acids is 2. The van der Waals surface area contributed by atoms with Crippen LogP contribution in [0.1, 0.15) is 61.0 Å². The van der Waals surface area contributed by atoms with Crippen LogP contribution in [0.2, 0.25) is 0 Å². The highest BCUT2D eigenvalue weighted by Crippen LogP contribution is 2.37. The molecule has 1 fully saturated rings. The van der Waals surface area contributed by atoms with Crippen molar-refractivity contribution < 1.29 is 9.59 Å². The van der Waals surface area contributed by atoms with Gasteiger partial charge in [0.15, 0.2) is 5.82 Å². The highest BCUT2D eigenvalue weighted by molar-refractivity contribution is 6.02. The van der Waals surface area contributed by atoms with E-state index in [-0.39, 0.29) is 17.4 Å². The zero-order valence-electron chi connectivity index (χ0n) is 23.3. The number of benzene rings is 2. The van der Waals surface area contributed by atoms with Gasteiger partial charge in [0, 0.05) is 41.0 Å². The van der Waals surface area contributed by atoms with E-state index in [2.05, 4.69) is 20.6 Å². The van der Waals surface area contributed by atoms with E-state index in [0.717, 1.165) is 46.4 Å². The molecule has 1 aliphatic rings. The minimum absolute atomic E-state index is 0.165. The number of fused-ring (bicyclic) bond motifs is 1. The molecule has 1 aliphatic carbocycles. The normalized spacial score (nSPS) is 14.4. The summed E-state index contributed by atoms with van der Waals surface area (Å²) in [4.78, 5) is 44.6. The number of hydrogen-bond acceptors (Lipinski definition) is 5. The highest BCUT2D eigenvalue weighted by atomic mass is 16.2. The van der Waals surface area contributed by atoms with Gasteiger partial charge in [0.05, 0.1) is 11.2 Å². The number of H-pyrrole nitrogens is 1. The molecule has 212 valence electrons. The average molecular weight is 561 g/mol. The molecular weight excluding hydrogens is 528 g/mol. The molecule has 9 nitrogen and oxygen atoms in total. The molecule has 5 aromatic rings. The lowest BCUT2D eigenvalue weighted by atomic mass is 9.85. The first-order valence-electron chi connectivity index (χ1n) is 14.3. The lowest BCUT2D eigenvalue weighted by Gasteiger charge is -2.22. The van der Waals surface area contributed by atoms with Crippen LogP contribution in [0.5, 0.6) is 0 Å². The van der Waals surface area contributed by atoms with Crippen LogP contribution in [0, 0.1) is 0 Å². The van der Waals surface area contributed by atoms with Gasteiger partial charge in [-0.15, -0.1) is 0 Å². The van der Waals surface area contributed by atoms with Crippen molar-refractivity contribution in [3.63, 3.8) is 0 Å². The van der Waals surface area contributed by atoms with E-state index in [1.165, 1.54) is 25.3 Å². The van der Waals surface area contributed by atoms with Crippen LogP contribution in [0.15, 0.2) is 90.0 Å². The second-order valence-corrected chi connectivity index (χ2v) is 10.8. The summed E-state index contributed by atoms with van der Waals surface area (Å²) in [5.74, 6) is 0.469. The molecule has 2 aromatic carbocycles. The van der Waals surface area contributed by atoms with E-state index in [1.54, 1.807) is 49.6 Å². The lowest BCUT2D eigenvalue weighted by Crippen LogP contribution is -2.41. The summed E-state index contributed by atoms with van der Waals surface area (Å²) in [5, 5.41) is 11.6. The first-order chi connectivity index (χ1) is 20.5. The van der Waals surface area contributed by atoms with Gasteiger partial charge in [0.1, 0.15) is 6.04 Å². The van der Waals surface area contributed by atoms with Gasteiger partial charge >= 0.3 is 0 Å². The topological polar surface area (TPSA) is 122 Å². The average Bonchev–Trinajstić information content (AvgIpc) is 3.41. The van der Waals surface area contributed by atoms with E-state index in [4.69, 9.17) is 5.10 Å². The fourth-order valence-corrected chi connectivity index (χ4v) is 5.60. The van der Waals surface area contributed by atoms with Crippen molar-refractivity contribution in [3.8, 4) is 16.9 Å². The Morgan fingerprint density at radius 1 is 0.952 bits per heavy atom. The van der Waals surface area contributed by atoms with Gasteiger partial charge in [-0.25, -0.2) is 9.67 Å². The quantitative estimate of drug-likeness (QED) is 0.240. The molecule has 3 aromatic heterocycles. The number of amides is 2. The summed E-state index contributed by atoms with van der Waals surface area (Å²) in [6.45, 7) is 1.65. The van der Waals surface area contributed by atoms with Crippen molar-refractivity contribution in [1.29, 1.82) is 0 Å². The van der Waals surface area contributed by atoms with E-state index in [0.29, 0.717) is 17.2 Å². The monoisotopic (exact) mass is 560 g/mol. The standard InChI is InChI=1S/C33H32N6O3/c1-21(32(41)37-26-14-10-22(11-15-26)25-13-17-30(40)35-20-25)36-33(42)24-12-16-27-28(19-24)38-39(29-9-5-6-18-34-29)31(27)23-7-3-2-4-8-23/h5-6,9-21,23H,2-4,7-8H2,1H3,(H,35,40)(H,36,42)(H,37,41)/t21-/m1/s1. The van der Waals surface area contributed by atoms with Crippen LogP contribution in [0.25, 0.3) is 27.8 Å². The number of nitrogens with zero attached hydrogens (tertiary/aromatic N) is 3. The van der Waals surface area contributed by atoms with E-state index >= 15 is 0 Å². The van der Waals surface area contributed by atoms with E-state index in [1.807, 2.05) is 41.1 Å². The second-order valence-electron chi connectivity index (χ2n) is 10.8.